The minimum atomic E-state index is -9.34. The smallest absolute Gasteiger partial charge is 0.216 e. The van der Waals surface area contributed by atoms with E-state index in [-0.39, 0.29) is 0 Å². The average molecular weight is 538 g/mol. The fourth-order valence-electron chi connectivity index (χ4n) is 1.70. The highest BCUT2D eigenvalue weighted by molar-refractivity contribution is 5.19. The molecule has 0 saturated carbocycles. The Morgan fingerprint density at radius 2 is 0.375 bits per heavy atom. The van der Waals surface area contributed by atoms with E-state index in [1.807, 2.05) is 0 Å². The third-order valence-corrected chi connectivity index (χ3v) is 3.54. The summed E-state index contributed by atoms with van der Waals surface area (Å²) < 4.78 is 277. The first-order valence-electron chi connectivity index (χ1n) is 6.41. The fourth-order valence-corrected chi connectivity index (χ4v) is 1.70. The molecule has 0 spiro atoms. The van der Waals surface area contributed by atoms with E-state index in [4.69, 9.17) is 0 Å². The van der Waals surface area contributed by atoms with Crippen LogP contribution in [0.15, 0.2) is 0 Å². The maximum absolute atomic E-state index is 13.2. The summed E-state index contributed by atoms with van der Waals surface area (Å²) in [5, 5.41) is 0. The molecule has 194 valence electrons. The first kappa shape index (κ1) is 30.5. The lowest BCUT2D eigenvalue weighted by Gasteiger charge is -2.45. The van der Waals surface area contributed by atoms with Crippen molar-refractivity contribution >= 4 is 0 Å². The van der Waals surface area contributed by atoms with E-state index in [0.717, 1.165) is 0 Å². The average Bonchev–Trinajstić information content (AvgIpc) is 2.49. The van der Waals surface area contributed by atoms with Gasteiger partial charge in [0.15, 0.2) is 0 Å². The number of rotatable bonds is 6. The molecule has 0 aliphatic rings. The molecule has 0 radical (unpaired) electrons. The summed E-state index contributed by atoms with van der Waals surface area (Å²) in [7, 11) is 0. The SMILES string of the molecule is FC(F)(F)C(F)(F)C(F)(F)C(F)(F)C(F)(F)C(F)(F)C(F)(F)C(F)(C(F)(F)F)C(F)(F)F. The Labute approximate surface area is 158 Å². The summed E-state index contributed by atoms with van der Waals surface area (Å²) in [6, 6.07) is 0. The van der Waals surface area contributed by atoms with Crippen molar-refractivity contribution < 1.29 is 96.6 Å². The van der Waals surface area contributed by atoms with Gasteiger partial charge in [0.1, 0.15) is 0 Å². The molecule has 22 heteroatoms. The van der Waals surface area contributed by atoms with E-state index in [0.29, 0.717) is 0 Å². The molecule has 0 aromatic rings. The third kappa shape index (κ3) is 3.40. The molecular formula is C10F22. The molecule has 0 rings (SSSR count). The molecule has 0 aliphatic carbocycles. The van der Waals surface area contributed by atoms with Crippen LogP contribution in [0.4, 0.5) is 96.6 Å². The van der Waals surface area contributed by atoms with Crippen molar-refractivity contribution in [1.29, 1.82) is 0 Å². The summed E-state index contributed by atoms with van der Waals surface area (Å²) >= 11 is 0. The van der Waals surface area contributed by atoms with E-state index in [1.165, 1.54) is 0 Å². The van der Waals surface area contributed by atoms with Crippen LogP contribution in [0, 0.1) is 0 Å². The van der Waals surface area contributed by atoms with Crippen molar-refractivity contribution in [2.75, 3.05) is 0 Å². The summed E-state index contributed by atoms with van der Waals surface area (Å²) in [5.74, 6) is -54.5. The van der Waals surface area contributed by atoms with Crippen LogP contribution in [0.5, 0.6) is 0 Å². The van der Waals surface area contributed by atoms with Gasteiger partial charge in [-0.1, -0.05) is 0 Å². The third-order valence-electron chi connectivity index (χ3n) is 3.54. The Kier molecular flexibility index (Phi) is 6.65. The summed E-state index contributed by atoms with van der Waals surface area (Å²) in [4.78, 5) is 0. The normalized spacial score (nSPS) is 17.1. The van der Waals surface area contributed by atoms with E-state index in [9.17, 15) is 96.6 Å². The van der Waals surface area contributed by atoms with Crippen LogP contribution in [0.3, 0.4) is 0 Å². The van der Waals surface area contributed by atoms with Crippen LogP contribution in [0.1, 0.15) is 0 Å². The molecule has 0 bridgehead atoms. The fraction of sp³-hybridized carbons (Fsp3) is 1.00. The zero-order valence-electron chi connectivity index (χ0n) is 13.3. The predicted molar refractivity (Wildman–Crippen MR) is 51.7 cm³/mol. The standard InChI is InChI=1S/C10F22/c11-1(8(24,25)26,9(27,28)29)2(12,13)3(14,15)4(16,17)5(18,19)6(20,21)7(22,23)10(30,31)32. The summed E-state index contributed by atoms with van der Waals surface area (Å²) in [6.07, 6.45) is -24.9. The van der Waals surface area contributed by atoms with Crippen LogP contribution in [0.25, 0.3) is 0 Å². The minimum absolute atomic E-state index is 8.05. The van der Waals surface area contributed by atoms with Crippen LogP contribution >= 0.6 is 0 Å². The Bertz CT molecular complexity index is 669. The number of alkyl halides is 22. The second kappa shape index (κ2) is 6.98. The highest BCUT2D eigenvalue weighted by Gasteiger charge is 2.99. The number of hydrogen-bond acceptors (Lipinski definition) is 0. The molecule has 0 amide bonds. The van der Waals surface area contributed by atoms with Crippen LogP contribution in [0.2, 0.25) is 0 Å². The van der Waals surface area contributed by atoms with Gasteiger partial charge < -0.3 is 0 Å². The van der Waals surface area contributed by atoms with Gasteiger partial charge in [0.25, 0.3) is 0 Å². The first-order chi connectivity index (χ1) is 13.2. The monoisotopic (exact) mass is 538 g/mol. The van der Waals surface area contributed by atoms with E-state index in [1.54, 1.807) is 0 Å². The molecular weight excluding hydrogens is 538 g/mol. The van der Waals surface area contributed by atoms with E-state index < -0.39 is 59.7 Å². The second-order valence-electron chi connectivity index (χ2n) is 5.60. The Morgan fingerprint density at radius 1 is 0.188 bits per heavy atom. The molecule has 0 saturated heterocycles. The molecule has 0 atom stereocenters. The van der Waals surface area contributed by atoms with Crippen molar-refractivity contribution in [3.8, 4) is 0 Å². The maximum atomic E-state index is 13.2. The topological polar surface area (TPSA) is 0 Å². The van der Waals surface area contributed by atoms with Gasteiger partial charge in [-0.25, -0.2) is 4.39 Å². The van der Waals surface area contributed by atoms with Gasteiger partial charge in [-0.3, -0.25) is 0 Å². The number of halogens is 22. The van der Waals surface area contributed by atoms with Crippen LogP contribution < -0.4 is 0 Å². The lowest BCUT2D eigenvalue weighted by Crippen LogP contribution is -2.78. The molecule has 0 nitrogen and oxygen atoms in total. The first-order valence-corrected chi connectivity index (χ1v) is 6.41. The highest BCUT2D eigenvalue weighted by Crippen LogP contribution is 2.67. The zero-order chi connectivity index (χ0) is 27.0. The molecule has 0 aliphatic heterocycles. The molecule has 0 aromatic heterocycles. The molecule has 0 aromatic carbocycles. The van der Waals surface area contributed by atoms with Gasteiger partial charge in [-0.15, -0.1) is 0 Å². The van der Waals surface area contributed by atoms with Crippen molar-refractivity contribution in [3.05, 3.63) is 0 Å². The Hall–Kier alpha value is -1.54. The molecule has 0 N–H and O–H groups in total. The molecule has 0 heterocycles. The lowest BCUT2D eigenvalue weighted by atomic mass is 9.83. The van der Waals surface area contributed by atoms with Gasteiger partial charge in [-0.05, 0) is 0 Å². The van der Waals surface area contributed by atoms with E-state index in [2.05, 4.69) is 0 Å². The Morgan fingerprint density at radius 3 is 0.562 bits per heavy atom. The summed E-state index contributed by atoms with van der Waals surface area (Å²) in [6.45, 7) is 0. The quantitative estimate of drug-likeness (QED) is 0.314. The largest absolute Gasteiger partial charge is 0.460 e. The predicted octanol–water partition coefficient (Wildman–Crippen LogP) is 7.19. The van der Waals surface area contributed by atoms with Crippen molar-refractivity contribution in [1.82, 2.24) is 0 Å². The van der Waals surface area contributed by atoms with Gasteiger partial charge >= 0.3 is 59.7 Å². The minimum Gasteiger partial charge on any atom is -0.216 e. The number of hydrogen-bond donors (Lipinski definition) is 0. The van der Waals surface area contributed by atoms with E-state index >= 15 is 0 Å². The molecule has 32 heavy (non-hydrogen) atoms. The maximum Gasteiger partial charge on any atom is 0.460 e. The van der Waals surface area contributed by atoms with Crippen molar-refractivity contribution in [3.63, 3.8) is 0 Å². The highest BCUT2D eigenvalue weighted by atomic mass is 19.4. The van der Waals surface area contributed by atoms with Crippen LogP contribution in [-0.2, 0) is 0 Å². The lowest BCUT2D eigenvalue weighted by molar-refractivity contribution is -0.481. The second-order valence-corrected chi connectivity index (χ2v) is 5.60. The summed E-state index contributed by atoms with van der Waals surface area (Å²) in [5.41, 5.74) is -8.93. The molecule has 0 unspecified atom stereocenters. The van der Waals surface area contributed by atoms with Crippen molar-refractivity contribution in [2.45, 2.75) is 59.7 Å². The Balaban J connectivity index is 7.19. The van der Waals surface area contributed by atoms with Gasteiger partial charge in [0, 0.05) is 0 Å². The van der Waals surface area contributed by atoms with Crippen LogP contribution in [-0.4, -0.2) is 59.7 Å². The van der Waals surface area contributed by atoms with Gasteiger partial charge in [-0.2, -0.15) is 92.2 Å². The van der Waals surface area contributed by atoms with Crippen molar-refractivity contribution in [2.24, 2.45) is 0 Å². The van der Waals surface area contributed by atoms with Gasteiger partial charge in [0.2, 0.25) is 0 Å². The molecule has 0 fully saturated rings. The van der Waals surface area contributed by atoms with Gasteiger partial charge in [0.05, 0.1) is 0 Å². The zero-order valence-corrected chi connectivity index (χ0v) is 13.3.